The summed E-state index contributed by atoms with van der Waals surface area (Å²) in [6.45, 7) is 0. The van der Waals surface area contributed by atoms with Gasteiger partial charge in [0.1, 0.15) is 5.56 Å². The molecule has 0 fully saturated rings. The fourth-order valence-electron chi connectivity index (χ4n) is 0.695. The van der Waals surface area contributed by atoms with Crippen molar-refractivity contribution in [2.24, 2.45) is 0 Å². The zero-order valence-electron chi connectivity index (χ0n) is 5.57. The molecule has 1 aromatic carbocycles. The van der Waals surface area contributed by atoms with Crippen molar-refractivity contribution in [3.63, 3.8) is 0 Å². The number of hydrogen-bond acceptors (Lipinski definition) is 2. The van der Waals surface area contributed by atoms with E-state index in [1.807, 2.05) is 0 Å². The SMILES string of the molecule is C#Cc1cc[c]cc1[N+](=O)[O-]. The number of hydrogen-bond donors (Lipinski definition) is 0. The first-order valence-electron chi connectivity index (χ1n) is 2.87. The Hall–Kier alpha value is -1.82. The molecule has 1 aromatic rings. The second kappa shape index (κ2) is 2.84. The Morgan fingerprint density at radius 2 is 2.45 bits per heavy atom. The van der Waals surface area contributed by atoms with Gasteiger partial charge in [-0.05, 0) is 12.1 Å². The summed E-state index contributed by atoms with van der Waals surface area (Å²) in [6.07, 6.45) is 5.02. The molecule has 53 valence electrons. The lowest BCUT2D eigenvalue weighted by Crippen LogP contribution is -1.90. The Morgan fingerprint density at radius 1 is 1.73 bits per heavy atom. The first-order chi connectivity index (χ1) is 5.25. The zero-order chi connectivity index (χ0) is 8.27. The summed E-state index contributed by atoms with van der Waals surface area (Å²) >= 11 is 0. The Bertz CT molecular complexity index is 325. The minimum Gasteiger partial charge on any atom is -0.258 e. The van der Waals surface area contributed by atoms with Gasteiger partial charge in [-0.25, -0.2) is 0 Å². The Morgan fingerprint density at radius 3 is 2.91 bits per heavy atom. The second-order valence-electron chi connectivity index (χ2n) is 1.84. The maximum atomic E-state index is 10.3. The van der Waals surface area contributed by atoms with E-state index in [9.17, 15) is 10.1 Å². The molecule has 0 spiro atoms. The van der Waals surface area contributed by atoms with Crippen molar-refractivity contribution in [1.82, 2.24) is 0 Å². The molecule has 0 saturated heterocycles. The molecule has 0 aliphatic heterocycles. The summed E-state index contributed by atoms with van der Waals surface area (Å²) in [5.74, 6) is 2.22. The van der Waals surface area contributed by atoms with Gasteiger partial charge >= 0.3 is 0 Å². The first kappa shape index (κ1) is 7.29. The second-order valence-corrected chi connectivity index (χ2v) is 1.84. The fraction of sp³-hybridized carbons (Fsp3) is 0. The van der Waals surface area contributed by atoms with Gasteiger partial charge in [0.25, 0.3) is 5.69 Å². The number of benzene rings is 1. The third kappa shape index (κ3) is 1.36. The molecule has 0 N–H and O–H groups in total. The highest BCUT2D eigenvalue weighted by Gasteiger charge is 2.08. The lowest BCUT2D eigenvalue weighted by atomic mass is 10.2. The van der Waals surface area contributed by atoms with E-state index in [0.29, 0.717) is 0 Å². The number of nitro groups is 1. The number of rotatable bonds is 1. The Balaban J connectivity index is 3.26. The molecule has 0 saturated carbocycles. The molecule has 1 rings (SSSR count). The van der Waals surface area contributed by atoms with E-state index in [-0.39, 0.29) is 11.3 Å². The van der Waals surface area contributed by atoms with E-state index in [1.165, 1.54) is 12.1 Å². The first-order valence-corrected chi connectivity index (χ1v) is 2.87. The van der Waals surface area contributed by atoms with Gasteiger partial charge < -0.3 is 0 Å². The molecule has 11 heavy (non-hydrogen) atoms. The Labute approximate surface area is 63.8 Å². The van der Waals surface area contributed by atoms with Gasteiger partial charge in [0.05, 0.1) is 4.92 Å². The lowest BCUT2D eigenvalue weighted by Gasteiger charge is -1.91. The van der Waals surface area contributed by atoms with Crippen LogP contribution in [0.5, 0.6) is 0 Å². The van der Waals surface area contributed by atoms with E-state index < -0.39 is 4.92 Å². The van der Waals surface area contributed by atoms with Crippen molar-refractivity contribution in [3.8, 4) is 12.3 Å². The molecule has 1 radical (unpaired) electrons. The third-order valence-corrected chi connectivity index (χ3v) is 1.19. The van der Waals surface area contributed by atoms with E-state index in [4.69, 9.17) is 6.42 Å². The van der Waals surface area contributed by atoms with Gasteiger partial charge in [-0.15, -0.1) is 6.42 Å². The van der Waals surface area contributed by atoms with Gasteiger partial charge in [-0.1, -0.05) is 12.0 Å². The van der Waals surface area contributed by atoms with Crippen molar-refractivity contribution in [1.29, 1.82) is 0 Å². The molecule has 3 nitrogen and oxygen atoms in total. The smallest absolute Gasteiger partial charge is 0.258 e. The normalized spacial score (nSPS) is 8.64. The molecule has 3 heteroatoms. The van der Waals surface area contributed by atoms with Crippen LogP contribution in [0.25, 0.3) is 0 Å². The van der Waals surface area contributed by atoms with Crippen LogP contribution in [0.15, 0.2) is 18.2 Å². The lowest BCUT2D eigenvalue weighted by molar-refractivity contribution is -0.385. The van der Waals surface area contributed by atoms with E-state index in [1.54, 1.807) is 6.07 Å². The molecule has 0 aliphatic rings. The van der Waals surface area contributed by atoms with Crippen molar-refractivity contribution < 1.29 is 4.92 Å². The summed E-state index contributed by atoms with van der Waals surface area (Å²) in [5, 5.41) is 10.3. The summed E-state index contributed by atoms with van der Waals surface area (Å²) in [7, 11) is 0. The average molecular weight is 146 g/mol. The van der Waals surface area contributed by atoms with Gasteiger partial charge in [0.2, 0.25) is 0 Å². The monoisotopic (exact) mass is 146 g/mol. The van der Waals surface area contributed by atoms with E-state index in [0.717, 1.165) is 0 Å². The van der Waals surface area contributed by atoms with Gasteiger partial charge in [0.15, 0.2) is 0 Å². The molecule has 0 aliphatic carbocycles. The van der Waals surface area contributed by atoms with Crippen molar-refractivity contribution in [3.05, 3.63) is 39.9 Å². The third-order valence-electron chi connectivity index (χ3n) is 1.19. The van der Waals surface area contributed by atoms with Gasteiger partial charge in [0, 0.05) is 6.07 Å². The molecular weight excluding hydrogens is 142 g/mol. The number of terminal acetylenes is 1. The molecule has 0 atom stereocenters. The van der Waals surface area contributed by atoms with Crippen LogP contribution in [0, 0.1) is 28.5 Å². The van der Waals surface area contributed by atoms with E-state index in [2.05, 4.69) is 12.0 Å². The molecule has 0 aromatic heterocycles. The molecule has 0 amide bonds. The standard InChI is InChI=1S/C8H4NO2/c1-2-7-5-3-4-6-8(7)9(10)11/h1,3,5-6H. The predicted molar refractivity (Wildman–Crippen MR) is 39.9 cm³/mol. The molecule has 0 unspecified atom stereocenters. The number of nitro benzene ring substituents is 1. The van der Waals surface area contributed by atoms with Gasteiger partial charge in [-0.3, -0.25) is 10.1 Å². The van der Waals surface area contributed by atoms with Crippen molar-refractivity contribution in [2.75, 3.05) is 0 Å². The van der Waals surface area contributed by atoms with Crippen LogP contribution in [0.4, 0.5) is 5.69 Å². The van der Waals surface area contributed by atoms with Gasteiger partial charge in [-0.2, -0.15) is 0 Å². The number of nitrogens with zero attached hydrogens (tertiary/aromatic N) is 1. The minimum absolute atomic E-state index is 0.0741. The fourth-order valence-corrected chi connectivity index (χ4v) is 0.695. The molecular formula is C8H4NO2. The highest BCUT2D eigenvalue weighted by atomic mass is 16.6. The summed E-state index contributed by atoms with van der Waals surface area (Å²) in [5.41, 5.74) is 0.212. The predicted octanol–water partition coefficient (Wildman–Crippen LogP) is 1.38. The molecule has 0 bridgehead atoms. The average Bonchev–Trinajstić information content (AvgIpc) is 2.04. The van der Waals surface area contributed by atoms with Crippen molar-refractivity contribution >= 4 is 5.69 Å². The summed E-state index contributed by atoms with van der Waals surface area (Å²) in [4.78, 5) is 9.75. The van der Waals surface area contributed by atoms with Crippen LogP contribution in [0.2, 0.25) is 0 Å². The quantitative estimate of drug-likeness (QED) is 0.341. The largest absolute Gasteiger partial charge is 0.285 e. The van der Waals surface area contributed by atoms with Crippen molar-refractivity contribution in [2.45, 2.75) is 0 Å². The van der Waals surface area contributed by atoms with Crippen LogP contribution < -0.4 is 0 Å². The minimum atomic E-state index is -0.522. The summed E-state index contributed by atoms with van der Waals surface area (Å²) in [6, 6.07) is 6.87. The van der Waals surface area contributed by atoms with Crippen LogP contribution >= 0.6 is 0 Å². The van der Waals surface area contributed by atoms with E-state index >= 15 is 0 Å². The van der Waals surface area contributed by atoms with Crippen LogP contribution in [0.3, 0.4) is 0 Å². The van der Waals surface area contributed by atoms with Crippen LogP contribution in [-0.2, 0) is 0 Å². The van der Waals surface area contributed by atoms with Crippen LogP contribution in [0.1, 0.15) is 5.56 Å². The summed E-state index contributed by atoms with van der Waals surface area (Å²) < 4.78 is 0. The van der Waals surface area contributed by atoms with Crippen LogP contribution in [-0.4, -0.2) is 4.92 Å². The Kier molecular flexibility index (Phi) is 1.88. The maximum absolute atomic E-state index is 10.3. The maximum Gasteiger partial charge on any atom is 0.285 e. The highest BCUT2D eigenvalue weighted by Crippen LogP contribution is 2.14. The zero-order valence-corrected chi connectivity index (χ0v) is 5.57. The molecule has 0 heterocycles. The highest BCUT2D eigenvalue weighted by molar-refractivity contribution is 5.49. The topological polar surface area (TPSA) is 43.1 Å².